The van der Waals surface area contributed by atoms with Crippen LogP contribution in [-0.2, 0) is 4.79 Å². The minimum absolute atomic E-state index is 0.0563. The lowest BCUT2D eigenvalue weighted by atomic mass is 10.0. The highest BCUT2D eigenvalue weighted by molar-refractivity contribution is 7.20. The maximum atomic E-state index is 13.5. The number of carbonyl (C=O) groups is 3. The van der Waals surface area contributed by atoms with Crippen LogP contribution in [-0.4, -0.2) is 40.8 Å². The molecule has 0 radical (unpaired) electrons. The Hall–Kier alpha value is -4.31. The van der Waals surface area contributed by atoms with Crippen LogP contribution in [0.25, 0.3) is 10.2 Å². The Bertz CT molecular complexity index is 1650. The summed E-state index contributed by atoms with van der Waals surface area (Å²) < 4.78 is 6.71. The molecule has 0 spiro atoms. The molecule has 2 aromatic heterocycles. The normalized spacial score (nSPS) is 13.7. The van der Waals surface area contributed by atoms with Crippen LogP contribution in [0.4, 0.5) is 11.4 Å². The minimum atomic E-state index is -0.864. The summed E-state index contributed by atoms with van der Waals surface area (Å²) in [6.45, 7) is 5.17. The molecule has 1 unspecified atom stereocenters. The number of likely N-dealkylation sites (N-methyl/N-ethyl adjacent to an activating group) is 1. The molecule has 1 aliphatic rings. The quantitative estimate of drug-likeness (QED) is 0.400. The zero-order valence-corrected chi connectivity index (χ0v) is 21.5. The van der Waals surface area contributed by atoms with Crippen molar-refractivity contribution >= 4 is 50.5 Å². The Kier molecular flexibility index (Phi) is 6.12. The number of aryl methyl sites for hydroxylation is 2. The molecule has 1 aliphatic heterocycles. The highest BCUT2D eigenvalue weighted by Crippen LogP contribution is 2.33. The molecule has 0 aliphatic carbocycles. The monoisotopic (exact) mass is 516 g/mol. The van der Waals surface area contributed by atoms with Crippen molar-refractivity contribution in [2.75, 3.05) is 23.9 Å². The van der Waals surface area contributed by atoms with E-state index in [1.807, 2.05) is 31.2 Å². The van der Waals surface area contributed by atoms with Crippen molar-refractivity contribution in [3.63, 3.8) is 0 Å². The molecule has 2 aromatic carbocycles. The standard InChI is InChI=1S/C27H24N4O5S/c1-14-7-5-6-8-18(14)29-25(34)24-15(2)22-26(37-24)28-13-31(27(22)35)16(3)23(33)17-9-10-20-19(11-17)30(4)21(32)12-36-20/h5-11,13,16H,12H2,1-4H3,(H,29,34). The van der Waals surface area contributed by atoms with Crippen molar-refractivity contribution < 1.29 is 19.1 Å². The molecular formula is C27H24N4O5S. The Morgan fingerprint density at radius 3 is 2.65 bits per heavy atom. The molecule has 5 rings (SSSR count). The van der Waals surface area contributed by atoms with Gasteiger partial charge in [-0.05, 0) is 56.2 Å². The van der Waals surface area contributed by atoms with Crippen LogP contribution < -0.4 is 20.5 Å². The average molecular weight is 517 g/mol. The first-order valence-corrected chi connectivity index (χ1v) is 12.4. The summed E-state index contributed by atoms with van der Waals surface area (Å²) in [5.41, 5.74) is 2.56. The van der Waals surface area contributed by atoms with E-state index in [2.05, 4.69) is 10.3 Å². The number of carbonyl (C=O) groups excluding carboxylic acids is 3. The van der Waals surface area contributed by atoms with Gasteiger partial charge in [0.25, 0.3) is 17.4 Å². The molecule has 0 bridgehead atoms. The molecule has 1 atom stereocenters. The van der Waals surface area contributed by atoms with Crippen molar-refractivity contribution in [3.05, 3.63) is 80.7 Å². The molecule has 0 fully saturated rings. The summed E-state index contributed by atoms with van der Waals surface area (Å²) in [4.78, 5) is 58.5. The molecule has 0 saturated heterocycles. The van der Waals surface area contributed by atoms with Crippen molar-refractivity contribution in [1.82, 2.24) is 9.55 Å². The van der Waals surface area contributed by atoms with Crippen LogP contribution in [0.1, 0.15) is 44.1 Å². The Morgan fingerprint density at radius 1 is 1.14 bits per heavy atom. The predicted octanol–water partition coefficient (Wildman–Crippen LogP) is 4.13. The van der Waals surface area contributed by atoms with Crippen molar-refractivity contribution in [2.45, 2.75) is 26.8 Å². The fraction of sp³-hybridized carbons (Fsp3) is 0.222. The average Bonchev–Trinajstić information content (AvgIpc) is 3.24. The van der Waals surface area contributed by atoms with Crippen molar-refractivity contribution in [2.24, 2.45) is 0 Å². The first-order valence-electron chi connectivity index (χ1n) is 11.6. The van der Waals surface area contributed by atoms with E-state index < -0.39 is 11.6 Å². The second kappa shape index (κ2) is 9.29. The van der Waals surface area contributed by atoms with Gasteiger partial charge in [0.1, 0.15) is 10.6 Å². The van der Waals surface area contributed by atoms with Gasteiger partial charge in [0.15, 0.2) is 12.4 Å². The number of thiophene rings is 1. The number of aromatic nitrogens is 2. The first-order chi connectivity index (χ1) is 17.7. The van der Waals surface area contributed by atoms with Crippen molar-refractivity contribution in [1.29, 1.82) is 0 Å². The molecule has 9 nitrogen and oxygen atoms in total. The SMILES string of the molecule is Cc1ccccc1NC(=O)c1sc2ncn(C(C)C(=O)c3ccc4c(c3)N(C)C(=O)CO4)c(=O)c2c1C. The highest BCUT2D eigenvalue weighted by Gasteiger charge is 2.27. The number of hydrogen-bond acceptors (Lipinski definition) is 7. The lowest BCUT2D eigenvalue weighted by molar-refractivity contribution is -0.120. The number of amides is 2. The fourth-order valence-corrected chi connectivity index (χ4v) is 5.35. The van der Waals surface area contributed by atoms with E-state index in [1.165, 1.54) is 15.8 Å². The zero-order valence-electron chi connectivity index (χ0n) is 20.7. The number of para-hydroxylation sites is 1. The van der Waals surface area contributed by atoms with E-state index in [0.717, 1.165) is 16.9 Å². The van der Waals surface area contributed by atoms with E-state index >= 15 is 0 Å². The number of rotatable bonds is 5. The van der Waals surface area contributed by atoms with Crippen LogP contribution in [0.3, 0.4) is 0 Å². The lowest BCUT2D eigenvalue weighted by Gasteiger charge is -2.26. The fourth-order valence-electron chi connectivity index (χ4n) is 4.31. The summed E-state index contributed by atoms with van der Waals surface area (Å²) >= 11 is 1.14. The van der Waals surface area contributed by atoms with Gasteiger partial charge < -0.3 is 15.0 Å². The van der Waals surface area contributed by atoms with Crippen molar-refractivity contribution in [3.8, 4) is 5.75 Å². The van der Waals surface area contributed by atoms with Gasteiger partial charge in [-0.1, -0.05) is 18.2 Å². The Morgan fingerprint density at radius 2 is 1.89 bits per heavy atom. The zero-order chi connectivity index (χ0) is 26.4. The van der Waals surface area contributed by atoms with E-state index in [0.29, 0.717) is 43.3 Å². The number of Topliss-reactive ketones (excluding diaryl/α,β-unsaturated/α-hetero) is 1. The molecule has 2 amide bonds. The number of fused-ring (bicyclic) bond motifs is 2. The van der Waals surface area contributed by atoms with Crippen LogP contribution >= 0.6 is 11.3 Å². The summed E-state index contributed by atoms with van der Waals surface area (Å²) in [5, 5.41) is 3.21. The third-order valence-electron chi connectivity index (χ3n) is 6.60. The van der Waals surface area contributed by atoms with Gasteiger partial charge in [0.2, 0.25) is 0 Å². The van der Waals surface area contributed by atoms with Gasteiger partial charge in [0, 0.05) is 18.3 Å². The van der Waals surface area contributed by atoms with Gasteiger partial charge in [-0.25, -0.2) is 4.98 Å². The molecule has 10 heteroatoms. The maximum Gasteiger partial charge on any atom is 0.266 e. The number of nitrogens with zero attached hydrogens (tertiary/aromatic N) is 3. The van der Waals surface area contributed by atoms with Gasteiger partial charge in [0.05, 0.1) is 28.3 Å². The van der Waals surface area contributed by atoms with E-state index in [1.54, 1.807) is 39.1 Å². The smallest absolute Gasteiger partial charge is 0.266 e. The number of hydrogen-bond donors (Lipinski definition) is 1. The Labute approximate surface area is 216 Å². The van der Waals surface area contributed by atoms with E-state index in [4.69, 9.17) is 4.74 Å². The Balaban J connectivity index is 1.47. The van der Waals surface area contributed by atoms with Crippen LogP contribution in [0.15, 0.2) is 53.6 Å². The molecule has 0 saturated carbocycles. The van der Waals surface area contributed by atoms with Gasteiger partial charge in [-0.3, -0.25) is 23.7 Å². The number of anilines is 2. The van der Waals surface area contributed by atoms with Gasteiger partial charge in [-0.2, -0.15) is 0 Å². The number of benzene rings is 2. The highest BCUT2D eigenvalue weighted by atomic mass is 32.1. The summed E-state index contributed by atoms with van der Waals surface area (Å²) in [6, 6.07) is 11.4. The molecule has 3 heterocycles. The molecule has 37 heavy (non-hydrogen) atoms. The number of nitrogens with one attached hydrogen (secondary N) is 1. The second-order valence-corrected chi connectivity index (χ2v) is 9.93. The molecule has 188 valence electrons. The van der Waals surface area contributed by atoms with Gasteiger partial charge in [-0.15, -0.1) is 11.3 Å². The summed E-state index contributed by atoms with van der Waals surface area (Å²) in [5.74, 6) is -0.342. The summed E-state index contributed by atoms with van der Waals surface area (Å²) in [7, 11) is 1.62. The van der Waals surface area contributed by atoms with E-state index in [9.17, 15) is 19.2 Å². The second-order valence-electron chi connectivity index (χ2n) is 8.93. The van der Waals surface area contributed by atoms with Crippen LogP contribution in [0, 0.1) is 13.8 Å². The third-order valence-corrected chi connectivity index (χ3v) is 7.80. The molecule has 4 aromatic rings. The lowest BCUT2D eigenvalue weighted by Crippen LogP contribution is -2.35. The van der Waals surface area contributed by atoms with Crippen LogP contribution in [0.5, 0.6) is 5.75 Å². The van der Waals surface area contributed by atoms with E-state index in [-0.39, 0.29) is 24.2 Å². The topological polar surface area (TPSA) is 111 Å². The maximum absolute atomic E-state index is 13.5. The third kappa shape index (κ3) is 4.19. The number of ketones is 1. The van der Waals surface area contributed by atoms with Crippen LogP contribution in [0.2, 0.25) is 0 Å². The largest absolute Gasteiger partial charge is 0.482 e. The predicted molar refractivity (Wildman–Crippen MR) is 142 cm³/mol. The first kappa shape index (κ1) is 24.4. The molecular weight excluding hydrogens is 492 g/mol. The van der Waals surface area contributed by atoms with Gasteiger partial charge >= 0.3 is 0 Å². The summed E-state index contributed by atoms with van der Waals surface area (Å²) in [6.07, 6.45) is 1.34. The number of ether oxygens (including phenoxy) is 1. The minimum Gasteiger partial charge on any atom is -0.482 e. The molecule has 1 N–H and O–H groups in total.